The average molecular weight is 296 g/mol. The van der Waals surface area contributed by atoms with Crippen molar-refractivity contribution < 1.29 is 19.0 Å². The summed E-state index contributed by atoms with van der Waals surface area (Å²) < 4.78 is 14.7. The molecule has 1 aromatic rings. The van der Waals surface area contributed by atoms with E-state index in [1.54, 1.807) is 12.1 Å². The molecule has 0 saturated carbocycles. The van der Waals surface area contributed by atoms with E-state index >= 15 is 0 Å². The molecule has 0 spiro atoms. The highest BCUT2D eigenvalue weighted by molar-refractivity contribution is 6.33. The monoisotopic (exact) mass is 295 g/mol. The van der Waals surface area contributed by atoms with E-state index in [-0.39, 0.29) is 17.4 Å². The van der Waals surface area contributed by atoms with E-state index in [9.17, 15) is 4.79 Å². The molecule has 0 bridgehead atoms. The van der Waals surface area contributed by atoms with Crippen molar-refractivity contribution in [2.24, 2.45) is 5.73 Å². The fraction of sp³-hybridized carbons (Fsp3) is 0.364. The molecular weight excluding hydrogens is 281 g/mol. The van der Waals surface area contributed by atoms with Crippen LogP contribution in [0.15, 0.2) is 12.1 Å². The number of halogens is 2. The number of benzene rings is 1. The second kappa shape index (κ2) is 7.31. The number of methoxy groups -OCH3 is 3. The maximum absolute atomic E-state index is 11.3. The number of ether oxygens (including phenoxy) is 3. The Bertz CT molecular complexity index is 426. The molecule has 7 heteroatoms. The molecule has 1 rings (SSSR count). The predicted molar refractivity (Wildman–Crippen MR) is 70.7 cm³/mol. The minimum absolute atomic E-state index is 0. The van der Waals surface area contributed by atoms with Crippen LogP contribution in [0.2, 0.25) is 5.02 Å². The van der Waals surface area contributed by atoms with Crippen molar-refractivity contribution in [3.05, 3.63) is 22.7 Å². The Labute approximate surface area is 117 Å². The van der Waals surface area contributed by atoms with Gasteiger partial charge in [0.1, 0.15) is 6.04 Å². The first kappa shape index (κ1) is 16.8. The van der Waals surface area contributed by atoms with Gasteiger partial charge < -0.3 is 19.9 Å². The maximum atomic E-state index is 11.3. The van der Waals surface area contributed by atoms with Crippen LogP contribution in [0, 0.1) is 0 Å². The maximum Gasteiger partial charge on any atom is 0.327 e. The van der Waals surface area contributed by atoms with Gasteiger partial charge in [0.15, 0.2) is 11.5 Å². The van der Waals surface area contributed by atoms with Crippen LogP contribution in [-0.2, 0) is 9.53 Å². The molecule has 2 N–H and O–H groups in total. The topological polar surface area (TPSA) is 70.8 Å². The fourth-order valence-corrected chi connectivity index (χ4v) is 1.75. The largest absolute Gasteiger partial charge is 0.493 e. The second-order valence-corrected chi connectivity index (χ2v) is 3.58. The molecule has 0 aliphatic rings. The summed E-state index contributed by atoms with van der Waals surface area (Å²) in [5, 5.41) is 0.241. The van der Waals surface area contributed by atoms with Crippen LogP contribution in [0.3, 0.4) is 0 Å². The zero-order valence-corrected chi connectivity index (χ0v) is 11.8. The van der Waals surface area contributed by atoms with Crippen molar-refractivity contribution in [1.29, 1.82) is 0 Å². The molecule has 0 heterocycles. The van der Waals surface area contributed by atoms with Crippen LogP contribution < -0.4 is 15.2 Å². The lowest BCUT2D eigenvalue weighted by Gasteiger charge is -2.15. The molecule has 0 fully saturated rings. The highest BCUT2D eigenvalue weighted by Crippen LogP contribution is 2.39. The van der Waals surface area contributed by atoms with E-state index in [2.05, 4.69) is 4.74 Å². The summed E-state index contributed by atoms with van der Waals surface area (Å²) in [6.07, 6.45) is 0. The Morgan fingerprint density at radius 3 is 2.33 bits per heavy atom. The van der Waals surface area contributed by atoms with Crippen molar-refractivity contribution in [2.45, 2.75) is 6.04 Å². The number of hydrogen-bond acceptors (Lipinski definition) is 5. The van der Waals surface area contributed by atoms with Crippen molar-refractivity contribution in [3.63, 3.8) is 0 Å². The van der Waals surface area contributed by atoms with Gasteiger partial charge in [-0.2, -0.15) is 0 Å². The Morgan fingerprint density at radius 1 is 1.28 bits per heavy atom. The van der Waals surface area contributed by atoms with Crippen LogP contribution in [0.5, 0.6) is 11.5 Å². The van der Waals surface area contributed by atoms with Gasteiger partial charge in [-0.3, -0.25) is 4.79 Å². The first-order chi connectivity index (χ1) is 8.06. The lowest BCUT2D eigenvalue weighted by Crippen LogP contribution is -2.23. The van der Waals surface area contributed by atoms with E-state index in [1.165, 1.54) is 21.3 Å². The number of rotatable bonds is 4. The van der Waals surface area contributed by atoms with Gasteiger partial charge in [-0.1, -0.05) is 17.7 Å². The first-order valence-corrected chi connectivity index (χ1v) is 5.18. The predicted octanol–water partition coefficient (Wildman–Crippen LogP) is 1.95. The van der Waals surface area contributed by atoms with Gasteiger partial charge in [0.2, 0.25) is 0 Å². The Kier molecular flexibility index (Phi) is 6.83. The molecule has 1 atom stereocenters. The van der Waals surface area contributed by atoms with Gasteiger partial charge in [-0.25, -0.2) is 0 Å². The van der Waals surface area contributed by atoms with E-state index < -0.39 is 12.0 Å². The highest BCUT2D eigenvalue weighted by atomic mass is 35.5. The van der Waals surface area contributed by atoms with Crippen molar-refractivity contribution in [3.8, 4) is 11.5 Å². The number of nitrogens with two attached hydrogens (primary N) is 1. The zero-order valence-electron chi connectivity index (χ0n) is 10.2. The Morgan fingerprint density at radius 2 is 1.89 bits per heavy atom. The van der Waals surface area contributed by atoms with Crippen molar-refractivity contribution in [2.75, 3.05) is 21.3 Å². The van der Waals surface area contributed by atoms with Gasteiger partial charge in [0.25, 0.3) is 0 Å². The Balaban J connectivity index is 0.00000289. The molecule has 0 aliphatic carbocycles. The third kappa shape index (κ3) is 3.19. The number of carbonyl (C=O) groups excluding carboxylic acids is 1. The van der Waals surface area contributed by atoms with Crippen LogP contribution >= 0.6 is 24.0 Å². The average Bonchev–Trinajstić information content (AvgIpc) is 2.36. The minimum Gasteiger partial charge on any atom is -0.493 e. The molecular formula is C11H15Cl2NO4. The molecule has 102 valence electrons. The van der Waals surface area contributed by atoms with Crippen LogP contribution in [-0.4, -0.2) is 27.3 Å². The van der Waals surface area contributed by atoms with Gasteiger partial charge in [0, 0.05) is 5.56 Å². The molecule has 0 unspecified atom stereocenters. The molecule has 0 radical (unpaired) electrons. The number of esters is 1. The third-order valence-electron chi connectivity index (χ3n) is 2.31. The summed E-state index contributed by atoms with van der Waals surface area (Å²) >= 11 is 6.10. The highest BCUT2D eigenvalue weighted by Gasteiger charge is 2.23. The lowest BCUT2D eigenvalue weighted by atomic mass is 10.1. The normalized spacial score (nSPS) is 11.2. The van der Waals surface area contributed by atoms with Crippen LogP contribution in [0.1, 0.15) is 11.6 Å². The fourth-order valence-electron chi connectivity index (χ4n) is 1.40. The third-order valence-corrected chi connectivity index (χ3v) is 2.69. The molecule has 18 heavy (non-hydrogen) atoms. The molecule has 0 aromatic heterocycles. The summed E-state index contributed by atoms with van der Waals surface area (Å²) in [6.45, 7) is 0. The first-order valence-electron chi connectivity index (χ1n) is 4.80. The van der Waals surface area contributed by atoms with Crippen LogP contribution in [0.25, 0.3) is 0 Å². The van der Waals surface area contributed by atoms with Gasteiger partial charge in [-0.05, 0) is 6.07 Å². The summed E-state index contributed by atoms with van der Waals surface area (Å²) in [4.78, 5) is 11.3. The molecule has 1 aromatic carbocycles. The molecule has 0 saturated heterocycles. The van der Waals surface area contributed by atoms with Gasteiger partial charge >= 0.3 is 5.97 Å². The summed E-state index contributed by atoms with van der Waals surface area (Å²) in [7, 11) is 4.21. The van der Waals surface area contributed by atoms with E-state index in [0.717, 1.165) is 0 Å². The minimum atomic E-state index is -0.952. The van der Waals surface area contributed by atoms with Gasteiger partial charge in [-0.15, -0.1) is 12.4 Å². The SMILES string of the molecule is COC(=O)[C@@H](N)c1ccc(OC)c(OC)c1Cl.Cl. The Hall–Kier alpha value is -1.17. The molecule has 5 nitrogen and oxygen atoms in total. The molecule has 0 amide bonds. The zero-order chi connectivity index (χ0) is 13.0. The summed E-state index contributed by atoms with van der Waals surface area (Å²) in [5.74, 6) is 0.239. The smallest absolute Gasteiger partial charge is 0.327 e. The van der Waals surface area contributed by atoms with Crippen molar-refractivity contribution >= 4 is 30.0 Å². The second-order valence-electron chi connectivity index (χ2n) is 3.21. The van der Waals surface area contributed by atoms with Crippen molar-refractivity contribution in [1.82, 2.24) is 0 Å². The number of carbonyl (C=O) groups is 1. The summed E-state index contributed by atoms with van der Waals surface area (Å²) in [6, 6.07) is 2.28. The molecule has 0 aliphatic heterocycles. The lowest BCUT2D eigenvalue weighted by molar-refractivity contribution is -0.142. The standard InChI is InChI=1S/C11H14ClNO4.ClH/c1-15-7-5-4-6(8(12)10(7)16-2)9(13)11(14)17-3;/h4-5,9H,13H2,1-3H3;1H/t9-;/m0./s1. The summed E-state index contributed by atoms with van der Waals surface area (Å²) in [5.41, 5.74) is 6.14. The quantitative estimate of drug-likeness (QED) is 0.860. The van der Waals surface area contributed by atoms with E-state index in [1.807, 2.05) is 0 Å². The number of hydrogen-bond donors (Lipinski definition) is 1. The van der Waals surface area contributed by atoms with Gasteiger partial charge in [0.05, 0.1) is 26.4 Å². The van der Waals surface area contributed by atoms with E-state index in [0.29, 0.717) is 17.1 Å². The van der Waals surface area contributed by atoms with Crippen LogP contribution in [0.4, 0.5) is 0 Å². The van der Waals surface area contributed by atoms with E-state index in [4.69, 9.17) is 26.8 Å².